The minimum absolute atomic E-state index is 0.201. The standard InChI is InChI=1S/C15H23FN2O/c1-11-10-18(2)7-6-15(11)17-9-12-4-5-13(19-3)8-14(12)16/h4-5,8,11,15,17H,6-7,9-10H2,1-3H3. The second kappa shape index (κ2) is 6.35. The maximum Gasteiger partial charge on any atom is 0.131 e. The van der Waals surface area contributed by atoms with E-state index in [1.54, 1.807) is 19.2 Å². The van der Waals surface area contributed by atoms with Crippen LogP contribution in [0, 0.1) is 11.7 Å². The molecule has 1 aliphatic heterocycles. The van der Waals surface area contributed by atoms with Gasteiger partial charge in [-0.05, 0) is 32.0 Å². The Balaban J connectivity index is 1.91. The molecule has 3 nitrogen and oxygen atoms in total. The quantitative estimate of drug-likeness (QED) is 0.904. The van der Waals surface area contributed by atoms with Crippen LogP contribution in [0.2, 0.25) is 0 Å². The number of hydrogen-bond donors (Lipinski definition) is 1. The molecule has 1 N–H and O–H groups in total. The second-order valence-corrected chi connectivity index (χ2v) is 5.47. The molecule has 1 heterocycles. The Morgan fingerprint density at radius 2 is 2.26 bits per heavy atom. The van der Waals surface area contributed by atoms with Gasteiger partial charge >= 0.3 is 0 Å². The fraction of sp³-hybridized carbons (Fsp3) is 0.600. The summed E-state index contributed by atoms with van der Waals surface area (Å²) in [6.07, 6.45) is 1.12. The van der Waals surface area contributed by atoms with Gasteiger partial charge < -0.3 is 15.0 Å². The number of methoxy groups -OCH3 is 1. The molecule has 2 unspecified atom stereocenters. The van der Waals surface area contributed by atoms with Gasteiger partial charge in [0.05, 0.1) is 7.11 Å². The number of halogens is 1. The molecule has 106 valence electrons. The SMILES string of the molecule is COc1ccc(CNC2CCN(C)CC2C)c(F)c1. The van der Waals surface area contributed by atoms with Gasteiger partial charge in [0.1, 0.15) is 11.6 Å². The summed E-state index contributed by atoms with van der Waals surface area (Å²) >= 11 is 0. The van der Waals surface area contributed by atoms with Crippen LogP contribution in [0.3, 0.4) is 0 Å². The summed E-state index contributed by atoms with van der Waals surface area (Å²) in [6, 6.07) is 5.51. The summed E-state index contributed by atoms with van der Waals surface area (Å²) in [7, 11) is 3.70. The van der Waals surface area contributed by atoms with Gasteiger partial charge in [0, 0.05) is 30.8 Å². The number of ether oxygens (including phenoxy) is 1. The minimum Gasteiger partial charge on any atom is -0.497 e. The highest BCUT2D eigenvalue weighted by Crippen LogP contribution is 2.19. The first kappa shape index (κ1) is 14.3. The van der Waals surface area contributed by atoms with Crippen molar-refractivity contribution in [3.63, 3.8) is 0 Å². The van der Waals surface area contributed by atoms with Crippen LogP contribution in [0.1, 0.15) is 18.9 Å². The van der Waals surface area contributed by atoms with Gasteiger partial charge in [0.2, 0.25) is 0 Å². The number of benzene rings is 1. The number of nitrogens with zero attached hydrogens (tertiary/aromatic N) is 1. The number of hydrogen-bond acceptors (Lipinski definition) is 3. The number of nitrogens with one attached hydrogen (secondary N) is 1. The molecule has 0 aromatic heterocycles. The molecule has 0 aliphatic carbocycles. The molecule has 1 aromatic rings. The lowest BCUT2D eigenvalue weighted by Gasteiger charge is -2.35. The van der Waals surface area contributed by atoms with Gasteiger partial charge in [0.15, 0.2) is 0 Å². The molecule has 19 heavy (non-hydrogen) atoms. The third-order valence-corrected chi connectivity index (χ3v) is 3.92. The maximum atomic E-state index is 13.8. The normalized spacial score (nSPS) is 24.4. The lowest BCUT2D eigenvalue weighted by Crippen LogP contribution is -2.46. The van der Waals surface area contributed by atoms with E-state index in [-0.39, 0.29) is 5.82 Å². The number of likely N-dealkylation sites (tertiary alicyclic amines) is 1. The monoisotopic (exact) mass is 266 g/mol. The predicted molar refractivity (Wildman–Crippen MR) is 74.9 cm³/mol. The number of piperidine rings is 1. The molecule has 0 radical (unpaired) electrons. The Labute approximate surface area is 114 Å². The zero-order valence-electron chi connectivity index (χ0n) is 11.9. The molecule has 0 bridgehead atoms. The summed E-state index contributed by atoms with van der Waals surface area (Å²) in [6.45, 7) is 5.03. The minimum atomic E-state index is -0.201. The highest BCUT2D eigenvalue weighted by atomic mass is 19.1. The van der Waals surface area contributed by atoms with Gasteiger partial charge in [-0.25, -0.2) is 4.39 Å². The Kier molecular flexibility index (Phi) is 4.77. The molecule has 1 aliphatic rings. The van der Waals surface area contributed by atoms with Crippen molar-refractivity contribution in [2.45, 2.75) is 25.9 Å². The first-order valence-corrected chi connectivity index (χ1v) is 6.84. The summed E-state index contributed by atoms with van der Waals surface area (Å²) in [5.41, 5.74) is 0.701. The van der Waals surface area contributed by atoms with Crippen molar-refractivity contribution in [1.29, 1.82) is 0 Å². The van der Waals surface area contributed by atoms with Crippen molar-refractivity contribution in [3.8, 4) is 5.75 Å². The Hall–Kier alpha value is -1.13. The third-order valence-electron chi connectivity index (χ3n) is 3.92. The molecule has 0 saturated carbocycles. The largest absolute Gasteiger partial charge is 0.497 e. The van der Waals surface area contributed by atoms with Gasteiger partial charge in [-0.15, -0.1) is 0 Å². The van der Waals surface area contributed by atoms with Crippen LogP contribution < -0.4 is 10.1 Å². The van der Waals surface area contributed by atoms with Gasteiger partial charge in [-0.1, -0.05) is 13.0 Å². The van der Waals surface area contributed by atoms with E-state index < -0.39 is 0 Å². The molecule has 2 rings (SSSR count). The lowest BCUT2D eigenvalue weighted by molar-refractivity contribution is 0.174. The van der Waals surface area contributed by atoms with Crippen LogP contribution >= 0.6 is 0 Å². The van der Waals surface area contributed by atoms with Crippen LogP contribution in [0.25, 0.3) is 0 Å². The Bertz CT molecular complexity index is 425. The van der Waals surface area contributed by atoms with Crippen LogP contribution in [-0.2, 0) is 6.54 Å². The summed E-state index contributed by atoms with van der Waals surface area (Å²) < 4.78 is 18.8. The lowest BCUT2D eigenvalue weighted by atomic mass is 9.94. The molecular weight excluding hydrogens is 243 g/mol. The Morgan fingerprint density at radius 1 is 1.47 bits per heavy atom. The molecular formula is C15H23FN2O. The van der Waals surface area contributed by atoms with Crippen molar-refractivity contribution in [2.24, 2.45) is 5.92 Å². The van der Waals surface area contributed by atoms with Crippen molar-refractivity contribution < 1.29 is 9.13 Å². The van der Waals surface area contributed by atoms with E-state index in [2.05, 4.69) is 24.2 Å². The van der Waals surface area contributed by atoms with Crippen molar-refractivity contribution in [2.75, 3.05) is 27.2 Å². The van der Waals surface area contributed by atoms with E-state index in [4.69, 9.17) is 4.74 Å². The maximum absolute atomic E-state index is 13.8. The van der Waals surface area contributed by atoms with E-state index in [0.717, 1.165) is 19.5 Å². The highest BCUT2D eigenvalue weighted by Gasteiger charge is 2.23. The average Bonchev–Trinajstić information content (AvgIpc) is 2.39. The first-order valence-electron chi connectivity index (χ1n) is 6.84. The molecule has 2 atom stereocenters. The van der Waals surface area contributed by atoms with Gasteiger partial charge in [0.25, 0.3) is 0 Å². The average molecular weight is 266 g/mol. The van der Waals surface area contributed by atoms with E-state index in [1.165, 1.54) is 6.07 Å². The molecule has 0 amide bonds. The van der Waals surface area contributed by atoms with Crippen molar-refractivity contribution in [1.82, 2.24) is 10.2 Å². The fourth-order valence-corrected chi connectivity index (χ4v) is 2.70. The summed E-state index contributed by atoms with van der Waals surface area (Å²) in [4.78, 5) is 2.34. The van der Waals surface area contributed by atoms with Gasteiger partial charge in [-0.2, -0.15) is 0 Å². The zero-order valence-corrected chi connectivity index (χ0v) is 11.9. The van der Waals surface area contributed by atoms with E-state index in [9.17, 15) is 4.39 Å². The van der Waals surface area contributed by atoms with E-state index >= 15 is 0 Å². The third kappa shape index (κ3) is 3.67. The topological polar surface area (TPSA) is 24.5 Å². The van der Waals surface area contributed by atoms with Crippen LogP contribution in [0.15, 0.2) is 18.2 Å². The van der Waals surface area contributed by atoms with Crippen LogP contribution in [-0.4, -0.2) is 38.2 Å². The van der Waals surface area contributed by atoms with Crippen molar-refractivity contribution in [3.05, 3.63) is 29.6 Å². The van der Waals surface area contributed by atoms with E-state index in [0.29, 0.717) is 29.8 Å². The fourth-order valence-electron chi connectivity index (χ4n) is 2.70. The molecule has 1 saturated heterocycles. The molecule has 1 aromatic carbocycles. The summed E-state index contributed by atoms with van der Waals surface area (Å²) in [5.74, 6) is 0.960. The second-order valence-electron chi connectivity index (χ2n) is 5.47. The zero-order chi connectivity index (χ0) is 13.8. The van der Waals surface area contributed by atoms with Crippen molar-refractivity contribution >= 4 is 0 Å². The summed E-state index contributed by atoms with van der Waals surface area (Å²) in [5, 5.41) is 3.48. The first-order chi connectivity index (χ1) is 9.10. The highest BCUT2D eigenvalue weighted by molar-refractivity contribution is 5.28. The van der Waals surface area contributed by atoms with Crippen LogP contribution in [0.5, 0.6) is 5.75 Å². The molecule has 4 heteroatoms. The Morgan fingerprint density at radius 3 is 2.89 bits per heavy atom. The predicted octanol–water partition coefficient (Wildman–Crippen LogP) is 2.26. The smallest absolute Gasteiger partial charge is 0.131 e. The molecule has 0 spiro atoms. The van der Waals surface area contributed by atoms with Gasteiger partial charge in [-0.3, -0.25) is 0 Å². The van der Waals surface area contributed by atoms with Crippen LogP contribution in [0.4, 0.5) is 4.39 Å². The number of rotatable bonds is 4. The van der Waals surface area contributed by atoms with E-state index in [1.807, 2.05) is 0 Å². The molecule has 1 fully saturated rings.